The largest absolute Gasteiger partial charge is 0.481 e. The number of carboxylic acids is 1. The molecule has 0 saturated heterocycles. The highest BCUT2D eigenvalue weighted by Gasteiger charge is 2.26. The Morgan fingerprint density at radius 1 is 1.30 bits per heavy atom. The van der Waals surface area contributed by atoms with E-state index in [1.807, 2.05) is 0 Å². The highest BCUT2D eigenvalue weighted by atomic mass is 16.5. The van der Waals surface area contributed by atoms with E-state index in [9.17, 15) is 9.59 Å². The van der Waals surface area contributed by atoms with Gasteiger partial charge in [-0.05, 0) is 45.4 Å². The number of aryl methyl sites for hydroxylation is 2. The van der Waals surface area contributed by atoms with E-state index in [-0.39, 0.29) is 11.8 Å². The summed E-state index contributed by atoms with van der Waals surface area (Å²) in [5, 5.41) is 15.6. The summed E-state index contributed by atoms with van der Waals surface area (Å²) < 4.78 is 4.97. The molecule has 0 unspecified atom stereocenters. The summed E-state index contributed by atoms with van der Waals surface area (Å²) in [7, 11) is 0. The number of hydrogen-bond donors (Lipinski definition) is 2. The second-order valence-corrected chi connectivity index (χ2v) is 5.47. The zero-order valence-electron chi connectivity index (χ0n) is 11.8. The van der Waals surface area contributed by atoms with Crippen molar-refractivity contribution in [1.29, 1.82) is 0 Å². The molecule has 2 N–H and O–H groups in total. The molecule has 0 atom stereocenters. The maximum absolute atomic E-state index is 12.1. The molecule has 0 aromatic carbocycles. The van der Waals surface area contributed by atoms with Crippen molar-refractivity contribution in [2.45, 2.75) is 39.5 Å². The molecule has 0 spiro atoms. The first-order chi connectivity index (χ1) is 9.49. The summed E-state index contributed by atoms with van der Waals surface area (Å²) in [4.78, 5) is 22.9. The fourth-order valence-electron chi connectivity index (χ4n) is 2.75. The van der Waals surface area contributed by atoms with Crippen molar-refractivity contribution in [3.63, 3.8) is 0 Å². The average molecular weight is 280 g/mol. The number of aromatic nitrogens is 1. The quantitative estimate of drug-likeness (QED) is 0.879. The van der Waals surface area contributed by atoms with Gasteiger partial charge in [0.15, 0.2) is 0 Å². The van der Waals surface area contributed by atoms with E-state index >= 15 is 0 Å². The molecule has 1 saturated carbocycles. The second kappa shape index (κ2) is 6.07. The van der Waals surface area contributed by atoms with Crippen molar-refractivity contribution in [2.24, 2.45) is 11.8 Å². The molecule has 1 aliphatic rings. The number of aliphatic carboxylic acids is 1. The number of carbonyl (C=O) groups excluding carboxylic acids is 1. The minimum absolute atomic E-state index is 0.165. The van der Waals surface area contributed by atoms with Crippen LogP contribution in [0.2, 0.25) is 0 Å². The molecule has 0 radical (unpaired) electrons. The van der Waals surface area contributed by atoms with Crippen LogP contribution >= 0.6 is 0 Å². The van der Waals surface area contributed by atoms with Crippen molar-refractivity contribution in [3.05, 3.63) is 17.0 Å². The Morgan fingerprint density at radius 3 is 2.45 bits per heavy atom. The molecule has 1 aromatic rings. The van der Waals surface area contributed by atoms with Crippen molar-refractivity contribution in [3.8, 4) is 0 Å². The second-order valence-electron chi connectivity index (χ2n) is 5.47. The molecule has 6 nitrogen and oxygen atoms in total. The zero-order valence-corrected chi connectivity index (χ0v) is 11.8. The lowest BCUT2D eigenvalue weighted by atomic mass is 9.82. The van der Waals surface area contributed by atoms with Crippen molar-refractivity contribution < 1.29 is 19.2 Å². The Morgan fingerprint density at radius 2 is 1.95 bits per heavy atom. The van der Waals surface area contributed by atoms with Gasteiger partial charge in [-0.3, -0.25) is 9.59 Å². The number of hydrogen-bond acceptors (Lipinski definition) is 4. The maximum Gasteiger partial charge on any atom is 0.306 e. The number of amides is 1. The summed E-state index contributed by atoms with van der Waals surface area (Å²) in [5.74, 6) is -0.209. The lowest BCUT2D eigenvalue weighted by Gasteiger charge is -2.26. The standard InChI is InChI=1S/C14H20N2O4/c1-8-12(9(2)20-16-8)13(17)15-7-10-3-5-11(6-4-10)14(18)19/h10-11H,3-7H2,1-2H3,(H,15,17)(H,18,19). The van der Waals surface area contributed by atoms with Crippen LogP contribution in [-0.4, -0.2) is 28.7 Å². The molecule has 0 aliphatic heterocycles. The highest BCUT2D eigenvalue weighted by Crippen LogP contribution is 2.28. The van der Waals surface area contributed by atoms with Crippen LogP contribution in [0.3, 0.4) is 0 Å². The lowest BCUT2D eigenvalue weighted by Crippen LogP contribution is -2.32. The van der Waals surface area contributed by atoms with Crippen molar-refractivity contribution >= 4 is 11.9 Å². The van der Waals surface area contributed by atoms with Gasteiger partial charge >= 0.3 is 5.97 Å². The highest BCUT2D eigenvalue weighted by molar-refractivity contribution is 5.96. The van der Waals surface area contributed by atoms with Crippen LogP contribution in [0.1, 0.15) is 47.5 Å². The van der Waals surface area contributed by atoms with Gasteiger partial charge in [-0.2, -0.15) is 0 Å². The monoisotopic (exact) mass is 280 g/mol. The fraction of sp³-hybridized carbons (Fsp3) is 0.643. The number of nitrogens with one attached hydrogen (secondary N) is 1. The third kappa shape index (κ3) is 3.18. The molecule has 1 heterocycles. The van der Waals surface area contributed by atoms with Gasteiger partial charge in [-0.1, -0.05) is 5.16 Å². The van der Waals surface area contributed by atoms with Gasteiger partial charge in [0.05, 0.1) is 11.6 Å². The van der Waals surface area contributed by atoms with Gasteiger partial charge < -0.3 is 14.9 Å². The summed E-state index contributed by atoms with van der Waals surface area (Å²) >= 11 is 0. The lowest BCUT2D eigenvalue weighted by molar-refractivity contribution is -0.143. The van der Waals surface area contributed by atoms with E-state index in [1.165, 1.54) is 0 Å². The van der Waals surface area contributed by atoms with E-state index in [2.05, 4.69) is 10.5 Å². The van der Waals surface area contributed by atoms with E-state index in [1.54, 1.807) is 13.8 Å². The average Bonchev–Trinajstić information content (AvgIpc) is 2.76. The normalized spacial score (nSPS) is 22.5. The van der Waals surface area contributed by atoms with E-state index < -0.39 is 5.97 Å². The number of nitrogens with zero attached hydrogens (tertiary/aromatic N) is 1. The molecule has 20 heavy (non-hydrogen) atoms. The van der Waals surface area contributed by atoms with Gasteiger partial charge in [0.25, 0.3) is 5.91 Å². The van der Waals surface area contributed by atoms with Gasteiger partial charge in [-0.15, -0.1) is 0 Å². The van der Waals surface area contributed by atoms with Gasteiger partial charge in [0.1, 0.15) is 11.3 Å². The van der Waals surface area contributed by atoms with Gasteiger partial charge in [-0.25, -0.2) is 0 Å². The third-order valence-corrected chi connectivity index (χ3v) is 4.01. The predicted molar refractivity (Wildman–Crippen MR) is 71.4 cm³/mol. The van der Waals surface area contributed by atoms with E-state index in [0.717, 1.165) is 12.8 Å². The van der Waals surface area contributed by atoms with Crippen LogP contribution < -0.4 is 5.32 Å². The molecule has 1 aliphatic carbocycles. The van der Waals surface area contributed by atoms with Crippen LogP contribution in [-0.2, 0) is 4.79 Å². The first-order valence-electron chi connectivity index (χ1n) is 6.93. The number of rotatable bonds is 4. The first-order valence-corrected chi connectivity index (χ1v) is 6.93. The number of carbonyl (C=O) groups is 2. The minimum atomic E-state index is -0.705. The number of carboxylic acid groups (broad SMARTS) is 1. The molecule has 1 fully saturated rings. The Hall–Kier alpha value is -1.85. The van der Waals surface area contributed by atoms with Gasteiger partial charge in [0.2, 0.25) is 0 Å². The predicted octanol–water partition coefficient (Wildman–Crippen LogP) is 1.91. The third-order valence-electron chi connectivity index (χ3n) is 4.01. The van der Waals surface area contributed by atoms with Crippen LogP contribution in [0.15, 0.2) is 4.52 Å². The Bertz CT molecular complexity index is 482. The van der Waals surface area contributed by atoms with E-state index in [0.29, 0.717) is 42.3 Å². The molecule has 1 aromatic heterocycles. The summed E-state index contributed by atoms with van der Waals surface area (Å²) in [6, 6.07) is 0. The van der Waals surface area contributed by atoms with E-state index in [4.69, 9.17) is 9.63 Å². The molecule has 0 bridgehead atoms. The fourth-order valence-corrected chi connectivity index (χ4v) is 2.75. The van der Waals surface area contributed by atoms with Crippen LogP contribution in [0, 0.1) is 25.7 Å². The first kappa shape index (κ1) is 14.6. The molecule has 6 heteroatoms. The Labute approximate surface area is 117 Å². The van der Waals surface area contributed by atoms with Gasteiger partial charge in [0, 0.05) is 6.54 Å². The minimum Gasteiger partial charge on any atom is -0.481 e. The Balaban J connectivity index is 1.82. The molecular formula is C14H20N2O4. The SMILES string of the molecule is Cc1noc(C)c1C(=O)NCC1CCC(C(=O)O)CC1. The Kier molecular flexibility index (Phi) is 4.42. The van der Waals surface area contributed by atoms with Crippen LogP contribution in [0.25, 0.3) is 0 Å². The smallest absolute Gasteiger partial charge is 0.306 e. The molecule has 110 valence electrons. The maximum atomic E-state index is 12.1. The van der Waals surface area contributed by atoms with Crippen molar-refractivity contribution in [2.75, 3.05) is 6.54 Å². The van der Waals surface area contributed by atoms with Crippen LogP contribution in [0.5, 0.6) is 0 Å². The zero-order chi connectivity index (χ0) is 14.7. The summed E-state index contributed by atoms with van der Waals surface area (Å²) in [6.07, 6.45) is 3.08. The topological polar surface area (TPSA) is 92.4 Å². The van der Waals surface area contributed by atoms with Crippen molar-refractivity contribution in [1.82, 2.24) is 10.5 Å². The summed E-state index contributed by atoms with van der Waals surface area (Å²) in [5.41, 5.74) is 1.10. The molecule has 2 rings (SSSR count). The summed E-state index contributed by atoms with van der Waals surface area (Å²) in [6.45, 7) is 4.03. The van der Waals surface area contributed by atoms with Crippen LogP contribution in [0.4, 0.5) is 0 Å². The molecular weight excluding hydrogens is 260 g/mol. The molecule has 1 amide bonds.